The highest BCUT2D eigenvalue weighted by atomic mass is 127. The fraction of sp³-hybridized carbons (Fsp3) is 0.368. The third kappa shape index (κ3) is 5.68. The van der Waals surface area contributed by atoms with Crippen LogP contribution in [0.4, 0.5) is 10.2 Å². The zero-order chi connectivity index (χ0) is 19.2. The molecule has 152 valence electrons. The third-order valence-corrected chi connectivity index (χ3v) is 4.81. The zero-order valence-electron chi connectivity index (χ0n) is 15.5. The first-order valence-corrected chi connectivity index (χ1v) is 9.21. The number of pyridine rings is 1. The van der Waals surface area contributed by atoms with Crippen LogP contribution in [-0.2, 0) is 0 Å². The van der Waals surface area contributed by atoms with Gasteiger partial charge in [-0.2, -0.15) is 0 Å². The summed E-state index contributed by atoms with van der Waals surface area (Å²) in [5, 5.41) is 17.2. The van der Waals surface area contributed by atoms with Crippen molar-refractivity contribution in [3.05, 3.63) is 59.0 Å². The lowest BCUT2D eigenvalue weighted by atomic mass is 10.1. The lowest BCUT2D eigenvalue weighted by molar-refractivity contribution is 0.176. The Balaban J connectivity index is 0.00000280. The third-order valence-electron chi connectivity index (χ3n) is 4.52. The molecule has 3 rings (SSSR count). The van der Waals surface area contributed by atoms with Crippen LogP contribution in [0.2, 0.25) is 5.02 Å². The van der Waals surface area contributed by atoms with Crippen LogP contribution in [0.15, 0.2) is 47.6 Å². The number of hydrogen-bond donors (Lipinski definition) is 3. The monoisotopic (exact) mass is 519 g/mol. The smallest absolute Gasteiger partial charge is 0.191 e. The molecule has 1 fully saturated rings. The number of rotatable bonds is 5. The van der Waals surface area contributed by atoms with Crippen LogP contribution in [0, 0.1) is 5.82 Å². The number of guanidine groups is 1. The van der Waals surface area contributed by atoms with Crippen molar-refractivity contribution in [2.24, 2.45) is 4.99 Å². The summed E-state index contributed by atoms with van der Waals surface area (Å²) in [6.07, 6.45) is 1.67. The maximum absolute atomic E-state index is 13.8. The van der Waals surface area contributed by atoms with E-state index in [4.69, 9.17) is 11.6 Å². The first-order chi connectivity index (χ1) is 13.1. The van der Waals surface area contributed by atoms with Gasteiger partial charge in [-0.05, 0) is 24.6 Å². The molecule has 1 aliphatic heterocycles. The molecule has 1 aliphatic rings. The van der Waals surface area contributed by atoms with E-state index in [1.54, 1.807) is 31.4 Å². The number of aliphatic hydroxyl groups excluding tert-OH is 1. The van der Waals surface area contributed by atoms with Crippen molar-refractivity contribution < 1.29 is 9.50 Å². The van der Waals surface area contributed by atoms with Crippen LogP contribution in [0.3, 0.4) is 0 Å². The van der Waals surface area contributed by atoms with E-state index < -0.39 is 11.9 Å². The van der Waals surface area contributed by atoms with E-state index in [9.17, 15) is 9.50 Å². The van der Waals surface area contributed by atoms with Crippen LogP contribution in [-0.4, -0.2) is 48.8 Å². The molecule has 2 unspecified atom stereocenters. The predicted octanol–water partition coefficient (Wildman–Crippen LogP) is 2.97. The Morgan fingerprint density at radius 3 is 2.89 bits per heavy atom. The maximum Gasteiger partial charge on any atom is 0.191 e. The maximum atomic E-state index is 13.8. The average molecular weight is 520 g/mol. The van der Waals surface area contributed by atoms with E-state index in [1.165, 1.54) is 6.07 Å². The normalized spacial score (nSPS) is 17.8. The second kappa shape index (κ2) is 10.8. The number of aliphatic imine (C=N–C) groups is 1. The summed E-state index contributed by atoms with van der Waals surface area (Å²) >= 11 is 6.22. The molecular weight excluding hydrogens is 496 g/mol. The topological polar surface area (TPSA) is 72.8 Å². The summed E-state index contributed by atoms with van der Waals surface area (Å²) in [5.41, 5.74) is 0.261. The molecule has 0 bridgehead atoms. The van der Waals surface area contributed by atoms with Gasteiger partial charge in [-0.15, -0.1) is 24.0 Å². The van der Waals surface area contributed by atoms with Gasteiger partial charge in [0, 0.05) is 44.5 Å². The largest absolute Gasteiger partial charge is 0.386 e. The first kappa shape index (κ1) is 22.6. The molecule has 0 radical (unpaired) electrons. The number of aromatic nitrogens is 1. The van der Waals surface area contributed by atoms with Gasteiger partial charge in [0.05, 0.1) is 11.1 Å². The van der Waals surface area contributed by atoms with Crippen molar-refractivity contribution in [3.8, 4) is 0 Å². The molecule has 2 aromatic rings. The standard InChI is InChI=1S/C19H23ClFN5O.HI/c1-22-19(24-11-17(27)14-5-2-3-7-16(14)21)25-13-8-10-26(12-13)18-15(20)6-4-9-23-18;/h2-7,9,13,17,27H,8,10-12H2,1H3,(H2,22,24,25);1H. The average Bonchev–Trinajstić information content (AvgIpc) is 3.14. The highest BCUT2D eigenvalue weighted by Crippen LogP contribution is 2.25. The van der Waals surface area contributed by atoms with E-state index in [0.717, 1.165) is 25.3 Å². The van der Waals surface area contributed by atoms with Gasteiger partial charge in [-0.1, -0.05) is 29.8 Å². The SMILES string of the molecule is CN=C(NCC(O)c1ccccc1F)NC1CCN(c2ncccc2Cl)C1.I. The van der Waals surface area contributed by atoms with Gasteiger partial charge in [0.15, 0.2) is 5.96 Å². The van der Waals surface area contributed by atoms with Gasteiger partial charge >= 0.3 is 0 Å². The second-order valence-corrected chi connectivity index (χ2v) is 6.78. The molecule has 28 heavy (non-hydrogen) atoms. The van der Waals surface area contributed by atoms with Crippen molar-refractivity contribution in [1.29, 1.82) is 0 Å². The van der Waals surface area contributed by atoms with Crippen molar-refractivity contribution in [2.45, 2.75) is 18.6 Å². The summed E-state index contributed by atoms with van der Waals surface area (Å²) in [7, 11) is 1.66. The highest BCUT2D eigenvalue weighted by Gasteiger charge is 2.25. The number of nitrogens with one attached hydrogen (secondary N) is 2. The molecule has 6 nitrogen and oxygen atoms in total. The molecule has 0 amide bonds. The van der Waals surface area contributed by atoms with Crippen molar-refractivity contribution in [1.82, 2.24) is 15.6 Å². The lowest BCUT2D eigenvalue weighted by Crippen LogP contribution is -2.45. The Kier molecular flexibility index (Phi) is 8.71. The van der Waals surface area contributed by atoms with Crippen LogP contribution >= 0.6 is 35.6 Å². The fourth-order valence-corrected chi connectivity index (χ4v) is 3.36. The van der Waals surface area contributed by atoms with Gasteiger partial charge in [-0.25, -0.2) is 9.37 Å². The summed E-state index contributed by atoms with van der Waals surface area (Å²) < 4.78 is 13.8. The lowest BCUT2D eigenvalue weighted by Gasteiger charge is -2.21. The Morgan fingerprint density at radius 1 is 1.39 bits per heavy atom. The van der Waals surface area contributed by atoms with Crippen molar-refractivity contribution >= 4 is 47.4 Å². The van der Waals surface area contributed by atoms with E-state index in [-0.39, 0.29) is 42.1 Å². The number of nitrogens with zero attached hydrogens (tertiary/aromatic N) is 3. The molecule has 1 aromatic carbocycles. The van der Waals surface area contributed by atoms with Crippen molar-refractivity contribution in [2.75, 3.05) is 31.6 Å². The van der Waals surface area contributed by atoms with E-state index in [2.05, 4.69) is 25.5 Å². The summed E-state index contributed by atoms with van der Waals surface area (Å²) in [5.74, 6) is 0.916. The quantitative estimate of drug-likeness (QED) is 0.322. The van der Waals surface area contributed by atoms with Crippen molar-refractivity contribution in [3.63, 3.8) is 0 Å². The minimum atomic E-state index is -0.961. The van der Waals surface area contributed by atoms with Gasteiger partial charge in [0.1, 0.15) is 11.6 Å². The van der Waals surface area contributed by atoms with Crippen LogP contribution < -0.4 is 15.5 Å². The van der Waals surface area contributed by atoms with Crippen LogP contribution in [0.1, 0.15) is 18.1 Å². The molecule has 1 saturated heterocycles. The van der Waals surface area contributed by atoms with Crippen LogP contribution in [0.5, 0.6) is 0 Å². The van der Waals surface area contributed by atoms with E-state index in [0.29, 0.717) is 11.0 Å². The van der Waals surface area contributed by atoms with Gasteiger partial charge < -0.3 is 20.6 Å². The summed E-state index contributed by atoms with van der Waals surface area (Å²) in [4.78, 5) is 10.7. The predicted molar refractivity (Wildman–Crippen MR) is 121 cm³/mol. The summed E-state index contributed by atoms with van der Waals surface area (Å²) in [6, 6.07) is 10.0. The van der Waals surface area contributed by atoms with E-state index >= 15 is 0 Å². The van der Waals surface area contributed by atoms with Crippen LogP contribution in [0.25, 0.3) is 0 Å². The Labute approximate surface area is 186 Å². The molecule has 1 aromatic heterocycles. The number of halogens is 3. The Bertz CT molecular complexity index is 809. The minimum absolute atomic E-state index is 0. The second-order valence-electron chi connectivity index (χ2n) is 6.38. The molecule has 0 aliphatic carbocycles. The minimum Gasteiger partial charge on any atom is -0.386 e. The fourth-order valence-electron chi connectivity index (χ4n) is 3.12. The number of hydrogen-bond acceptors (Lipinski definition) is 4. The molecule has 3 N–H and O–H groups in total. The molecule has 9 heteroatoms. The van der Waals surface area contributed by atoms with Gasteiger partial charge in [-0.3, -0.25) is 4.99 Å². The van der Waals surface area contributed by atoms with Gasteiger partial charge in [0.25, 0.3) is 0 Å². The molecule has 0 spiro atoms. The molecular formula is C19H24ClFIN5O. The number of anilines is 1. The zero-order valence-corrected chi connectivity index (χ0v) is 18.6. The van der Waals surface area contributed by atoms with E-state index in [1.807, 2.05) is 12.1 Å². The molecule has 0 saturated carbocycles. The number of benzene rings is 1. The highest BCUT2D eigenvalue weighted by molar-refractivity contribution is 14.0. The molecule has 2 heterocycles. The Morgan fingerprint density at radius 2 is 2.18 bits per heavy atom. The summed E-state index contributed by atoms with van der Waals surface area (Å²) in [6.45, 7) is 1.74. The van der Waals surface area contributed by atoms with Gasteiger partial charge in [0.2, 0.25) is 0 Å². The molecule has 2 atom stereocenters. The number of aliphatic hydroxyl groups is 1. The Hall–Kier alpha value is -1.65. The first-order valence-electron chi connectivity index (χ1n) is 8.83.